The second kappa shape index (κ2) is 10.0. The highest BCUT2D eigenvalue weighted by molar-refractivity contribution is 7.98. The first-order chi connectivity index (χ1) is 15.0. The fraction of sp³-hybridized carbons (Fsp3) is 0.227. The molecule has 162 valence electrons. The van der Waals surface area contributed by atoms with Gasteiger partial charge >= 0.3 is 0 Å². The van der Waals surface area contributed by atoms with Crippen LogP contribution in [0.5, 0.6) is 23.0 Å². The first-order valence-corrected chi connectivity index (χ1v) is 10.4. The number of nitrogens with zero attached hydrogens (tertiary/aromatic N) is 2. The van der Waals surface area contributed by atoms with Crippen LogP contribution in [0.25, 0.3) is 11.3 Å². The van der Waals surface area contributed by atoms with Crippen LogP contribution < -0.4 is 24.3 Å². The number of benzene rings is 2. The summed E-state index contributed by atoms with van der Waals surface area (Å²) in [7, 11) is 6.21. The van der Waals surface area contributed by atoms with E-state index >= 15 is 0 Å². The Balaban J connectivity index is 2.01. The number of nitrogens with one attached hydrogen (secondary N) is 1. The van der Waals surface area contributed by atoms with E-state index in [0.29, 0.717) is 50.7 Å². The Hall–Kier alpha value is -3.46. The van der Waals surface area contributed by atoms with Crippen LogP contribution in [0.1, 0.15) is 10.4 Å². The molecule has 0 aliphatic rings. The topological polar surface area (TPSA) is 91.8 Å². The average Bonchev–Trinajstić information content (AvgIpc) is 2.82. The van der Waals surface area contributed by atoms with Gasteiger partial charge in [0.2, 0.25) is 0 Å². The maximum Gasteiger partial charge on any atom is 0.259 e. The molecule has 0 aliphatic heterocycles. The zero-order valence-electron chi connectivity index (χ0n) is 17.9. The van der Waals surface area contributed by atoms with Gasteiger partial charge in [-0.25, -0.2) is 9.97 Å². The van der Waals surface area contributed by atoms with Gasteiger partial charge in [-0.05, 0) is 36.6 Å². The minimum Gasteiger partial charge on any atom is -0.493 e. The van der Waals surface area contributed by atoms with Crippen LogP contribution in [0.2, 0.25) is 0 Å². The Bertz CT molecular complexity index is 1090. The molecular formula is C22H23N3O5S. The zero-order valence-corrected chi connectivity index (χ0v) is 18.7. The summed E-state index contributed by atoms with van der Waals surface area (Å²) in [5, 5.41) is 3.41. The molecule has 3 rings (SSSR count). The molecule has 9 heteroatoms. The number of carbonyl (C=O) groups excluding carboxylic acids is 1. The molecule has 0 aliphatic carbocycles. The summed E-state index contributed by atoms with van der Waals surface area (Å²) in [5.41, 5.74) is 2.06. The first-order valence-electron chi connectivity index (χ1n) is 9.21. The van der Waals surface area contributed by atoms with Gasteiger partial charge in [0.15, 0.2) is 28.2 Å². The van der Waals surface area contributed by atoms with Gasteiger partial charge in [0, 0.05) is 23.5 Å². The quantitative estimate of drug-likeness (QED) is 0.412. The Morgan fingerprint density at radius 1 is 0.871 bits per heavy atom. The van der Waals surface area contributed by atoms with Crippen molar-refractivity contribution in [2.24, 2.45) is 0 Å². The summed E-state index contributed by atoms with van der Waals surface area (Å²) in [6, 6.07) is 10.5. The molecule has 1 aromatic heterocycles. The maximum absolute atomic E-state index is 13.1. The van der Waals surface area contributed by atoms with Crippen molar-refractivity contribution >= 4 is 23.4 Å². The first kappa shape index (κ1) is 22.2. The number of amides is 1. The number of aromatic nitrogens is 2. The SMILES string of the molecule is COc1ccc(NC(=O)c2cnc(SC)nc2-c2ccc(OC)c(OC)c2)cc1OC. The minimum atomic E-state index is -0.357. The van der Waals surface area contributed by atoms with Gasteiger partial charge in [0.05, 0.1) is 39.7 Å². The lowest BCUT2D eigenvalue weighted by Gasteiger charge is -2.14. The van der Waals surface area contributed by atoms with Gasteiger partial charge in [-0.3, -0.25) is 4.79 Å². The summed E-state index contributed by atoms with van der Waals surface area (Å²) in [4.78, 5) is 22.0. The monoisotopic (exact) mass is 441 g/mol. The lowest BCUT2D eigenvalue weighted by molar-refractivity contribution is 0.102. The molecule has 0 fully saturated rings. The number of carbonyl (C=O) groups is 1. The van der Waals surface area contributed by atoms with Crippen LogP contribution in [0, 0.1) is 0 Å². The van der Waals surface area contributed by atoms with Crippen molar-refractivity contribution in [2.45, 2.75) is 5.16 Å². The summed E-state index contributed by atoms with van der Waals surface area (Å²) in [6.07, 6.45) is 3.39. The van der Waals surface area contributed by atoms with Crippen LogP contribution in [0.15, 0.2) is 47.8 Å². The molecule has 1 heterocycles. The normalized spacial score (nSPS) is 10.4. The van der Waals surface area contributed by atoms with Gasteiger partial charge in [-0.1, -0.05) is 11.8 Å². The highest BCUT2D eigenvalue weighted by atomic mass is 32.2. The van der Waals surface area contributed by atoms with Crippen LogP contribution in [-0.4, -0.2) is 50.6 Å². The van der Waals surface area contributed by atoms with Crippen LogP contribution in [-0.2, 0) is 0 Å². The molecule has 0 radical (unpaired) electrons. The third-order valence-electron chi connectivity index (χ3n) is 4.49. The van der Waals surface area contributed by atoms with Gasteiger partial charge in [0.25, 0.3) is 5.91 Å². The van der Waals surface area contributed by atoms with E-state index < -0.39 is 0 Å². The zero-order chi connectivity index (χ0) is 22.4. The molecule has 1 amide bonds. The number of ether oxygens (including phenoxy) is 4. The smallest absolute Gasteiger partial charge is 0.259 e. The third-order valence-corrected chi connectivity index (χ3v) is 5.05. The van der Waals surface area contributed by atoms with Crippen molar-refractivity contribution in [3.63, 3.8) is 0 Å². The number of thioether (sulfide) groups is 1. The predicted molar refractivity (Wildman–Crippen MR) is 120 cm³/mol. The molecule has 0 unspecified atom stereocenters. The van der Waals surface area contributed by atoms with Crippen molar-refractivity contribution in [2.75, 3.05) is 40.0 Å². The highest BCUT2D eigenvalue weighted by Crippen LogP contribution is 2.34. The fourth-order valence-electron chi connectivity index (χ4n) is 2.95. The number of anilines is 1. The van der Waals surface area contributed by atoms with E-state index in [1.165, 1.54) is 25.1 Å². The maximum atomic E-state index is 13.1. The van der Waals surface area contributed by atoms with E-state index in [4.69, 9.17) is 18.9 Å². The Labute approximate surface area is 184 Å². The van der Waals surface area contributed by atoms with E-state index in [1.54, 1.807) is 51.7 Å². The van der Waals surface area contributed by atoms with E-state index in [0.717, 1.165) is 0 Å². The number of hydrogen-bond donors (Lipinski definition) is 1. The molecule has 1 N–H and O–H groups in total. The van der Waals surface area contributed by atoms with Crippen LogP contribution in [0.4, 0.5) is 5.69 Å². The minimum absolute atomic E-state index is 0.319. The average molecular weight is 442 g/mol. The molecule has 0 spiro atoms. The predicted octanol–water partition coefficient (Wildman–Crippen LogP) is 4.15. The van der Waals surface area contributed by atoms with Crippen molar-refractivity contribution in [3.05, 3.63) is 48.2 Å². The second-order valence-electron chi connectivity index (χ2n) is 6.21. The van der Waals surface area contributed by atoms with Crippen molar-refractivity contribution in [1.29, 1.82) is 0 Å². The highest BCUT2D eigenvalue weighted by Gasteiger charge is 2.19. The summed E-state index contributed by atoms with van der Waals surface area (Å²) < 4.78 is 21.3. The Morgan fingerprint density at radius 2 is 1.48 bits per heavy atom. The van der Waals surface area contributed by atoms with Crippen molar-refractivity contribution < 1.29 is 23.7 Å². The summed E-state index contributed by atoms with van der Waals surface area (Å²) in [5.74, 6) is 1.84. The summed E-state index contributed by atoms with van der Waals surface area (Å²) >= 11 is 1.39. The Kier molecular flexibility index (Phi) is 7.19. The molecule has 0 saturated heterocycles. The van der Waals surface area contributed by atoms with Crippen molar-refractivity contribution in [1.82, 2.24) is 9.97 Å². The molecule has 0 bridgehead atoms. The molecule has 31 heavy (non-hydrogen) atoms. The molecule has 0 saturated carbocycles. The van der Waals surface area contributed by atoms with Crippen LogP contribution in [0.3, 0.4) is 0 Å². The van der Waals surface area contributed by atoms with Crippen LogP contribution >= 0.6 is 11.8 Å². The number of hydrogen-bond acceptors (Lipinski definition) is 8. The molecule has 0 atom stereocenters. The standard InChI is InChI=1S/C22H23N3O5S/c1-27-16-8-6-13(10-18(16)29-3)20-15(12-23-22(25-20)31-5)21(26)24-14-7-9-17(28-2)19(11-14)30-4/h6-12H,1-5H3,(H,24,26). The fourth-order valence-corrected chi connectivity index (χ4v) is 3.29. The molecular weight excluding hydrogens is 418 g/mol. The van der Waals surface area contributed by atoms with E-state index in [-0.39, 0.29) is 5.91 Å². The van der Waals surface area contributed by atoms with Crippen molar-refractivity contribution in [3.8, 4) is 34.3 Å². The number of rotatable bonds is 8. The van der Waals surface area contributed by atoms with Gasteiger partial charge in [0.1, 0.15) is 0 Å². The molecule has 8 nitrogen and oxygen atoms in total. The van der Waals surface area contributed by atoms with Gasteiger partial charge < -0.3 is 24.3 Å². The third kappa shape index (κ3) is 4.83. The molecule has 2 aromatic carbocycles. The van der Waals surface area contributed by atoms with Gasteiger partial charge in [-0.2, -0.15) is 0 Å². The lowest BCUT2D eigenvalue weighted by Crippen LogP contribution is -2.15. The van der Waals surface area contributed by atoms with Gasteiger partial charge in [-0.15, -0.1) is 0 Å². The van der Waals surface area contributed by atoms with E-state index in [9.17, 15) is 4.79 Å². The second-order valence-corrected chi connectivity index (χ2v) is 6.99. The van der Waals surface area contributed by atoms with E-state index in [1.807, 2.05) is 12.3 Å². The Morgan fingerprint density at radius 3 is 2.10 bits per heavy atom. The number of methoxy groups -OCH3 is 4. The largest absolute Gasteiger partial charge is 0.493 e. The lowest BCUT2D eigenvalue weighted by atomic mass is 10.1. The van der Waals surface area contributed by atoms with E-state index in [2.05, 4.69) is 15.3 Å². The molecule has 3 aromatic rings. The summed E-state index contributed by atoms with van der Waals surface area (Å²) in [6.45, 7) is 0.